The molecule has 0 bridgehead atoms. The molecule has 0 heterocycles. The van der Waals surface area contributed by atoms with Crippen molar-refractivity contribution in [3.63, 3.8) is 0 Å². The molecule has 0 aliphatic carbocycles. The summed E-state index contributed by atoms with van der Waals surface area (Å²) in [6.07, 6.45) is 10.6. The maximum absolute atomic E-state index is 9.55. The van der Waals surface area contributed by atoms with Crippen molar-refractivity contribution in [3.8, 4) is 0 Å². The number of hydrogen-bond acceptors (Lipinski definition) is 2. The molecule has 0 fully saturated rings. The fourth-order valence-electron chi connectivity index (χ4n) is 1.84. The summed E-state index contributed by atoms with van der Waals surface area (Å²) in [5, 5.41) is 9.55. The normalized spacial score (nSPS) is 11.8. The molecule has 0 aliphatic rings. The van der Waals surface area contributed by atoms with Crippen molar-refractivity contribution in [2.45, 2.75) is 71.4 Å². The zero-order chi connectivity index (χ0) is 12.4. The number of aliphatic hydroxyl groups is 1. The second-order valence-corrected chi connectivity index (χ2v) is 5.61. The first-order valence-corrected chi connectivity index (χ1v) is 7.01. The van der Waals surface area contributed by atoms with Crippen LogP contribution in [0.5, 0.6) is 0 Å². The van der Waals surface area contributed by atoms with Gasteiger partial charge in [-0.05, 0) is 12.8 Å². The van der Waals surface area contributed by atoms with Crippen LogP contribution >= 0.6 is 12.4 Å². The van der Waals surface area contributed by atoms with Crippen molar-refractivity contribution < 1.29 is 22.0 Å². The Morgan fingerprint density at radius 3 is 1.63 bits per heavy atom. The Balaban J connectivity index is -0.000000375. The molecule has 0 spiro atoms. The number of unbranched alkanes of at least 4 members (excludes halogenated alkanes) is 7. The van der Waals surface area contributed by atoms with E-state index in [1.807, 2.05) is 6.92 Å². The van der Waals surface area contributed by atoms with Crippen LogP contribution < -0.4 is 18.6 Å². The SMILES string of the molecule is CCCCCCCCCC[N+](C)(C)C(C)O.Cl.N.[Cl-]. The van der Waals surface area contributed by atoms with Crippen molar-refractivity contribution in [2.75, 3.05) is 20.6 Å². The van der Waals surface area contributed by atoms with E-state index in [-0.39, 0.29) is 37.2 Å². The second-order valence-electron chi connectivity index (χ2n) is 5.61. The second kappa shape index (κ2) is 16.5. The van der Waals surface area contributed by atoms with E-state index in [0.29, 0.717) is 0 Å². The summed E-state index contributed by atoms with van der Waals surface area (Å²) in [5.41, 5.74) is 0. The minimum atomic E-state index is -0.246. The molecule has 0 aromatic carbocycles. The fourth-order valence-corrected chi connectivity index (χ4v) is 1.84. The van der Waals surface area contributed by atoms with Crippen molar-refractivity contribution in [2.24, 2.45) is 0 Å². The third-order valence-corrected chi connectivity index (χ3v) is 3.60. The van der Waals surface area contributed by atoms with Gasteiger partial charge in [-0.15, -0.1) is 12.4 Å². The molecular weight excluding hydrogens is 283 g/mol. The van der Waals surface area contributed by atoms with Crippen LogP contribution in [-0.4, -0.2) is 36.5 Å². The predicted octanol–water partition coefficient (Wildman–Crippen LogP) is 1.13. The van der Waals surface area contributed by atoms with Gasteiger partial charge in [0, 0.05) is 6.92 Å². The number of hydrogen-bond donors (Lipinski definition) is 2. The number of nitrogens with zero attached hydrogens (tertiary/aromatic N) is 1. The predicted molar refractivity (Wildman–Crippen MR) is 83.5 cm³/mol. The van der Waals surface area contributed by atoms with Gasteiger partial charge < -0.3 is 28.1 Å². The van der Waals surface area contributed by atoms with Crippen LogP contribution in [0.25, 0.3) is 0 Å². The van der Waals surface area contributed by atoms with Gasteiger partial charge in [-0.2, -0.15) is 0 Å². The molecule has 4 N–H and O–H groups in total. The summed E-state index contributed by atoms with van der Waals surface area (Å²) < 4.78 is 0.732. The van der Waals surface area contributed by atoms with Gasteiger partial charge in [0.05, 0.1) is 20.6 Å². The summed E-state index contributed by atoms with van der Waals surface area (Å²) in [6.45, 7) is 5.23. The first kappa shape index (κ1) is 27.7. The van der Waals surface area contributed by atoms with Gasteiger partial charge >= 0.3 is 0 Å². The average Bonchev–Trinajstić information content (AvgIpc) is 2.21. The van der Waals surface area contributed by atoms with Crippen LogP contribution in [0.15, 0.2) is 0 Å². The minimum Gasteiger partial charge on any atom is -1.00 e. The first-order valence-electron chi connectivity index (χ1n) is 7.01. The van der Waals surface area contributed by atoms with Gasteiger partial charge in [0.1, 0.15) is 0 Å². The van der Waals surface area contributed by atoms with Gasteiger partial charge in [0.15, 0.2) is 6.23 Å². The smallest absolute Gasteiger partial charge is 0.187 e. The number of halogens is 2. The molecule has 0 saturated carbocycles. The average molecular weight is 319 g/mol. The molecular formula is C14H36Cl2N2O. The van der Waals surface area contributed by atoms with Crippen LogP contribution in [0.2, 0.25) is 0 Å². The maximum atomic E-state index is 9.55. The third kappa shape index (κ3) is 16.4. The highest BCUT2D eigenvalue weighted by Crippen LogP contribution is 2.11. The first-order chi connectivity index (χ1) is 7.50. The highest BCUT2D eigenvalue weighted by atomic mass is 35.5. The number of rotatable bonds is 10. The quantitative estimate of drug-likeness (QED) is 0.360. The Bertz CT molecular complexity index is 168. The highest BCUT2D eigenvalue weighted by molar-refractivity contribution is 5.85. The van der Waals surface area contributed by atoms with Crippen molar-refractivity contribution in [1.29, 1.82) is 0 Å². The molecule has 1 atom stereocenters. The molecule has 0 aliphatic heterocycles. The lowest BCUT2D eigenvalue weighted by atomic mass is 10.1. The van der Waals surface area contributed by atoms with E-state index >= 15 is 0 Å². The van der Waals surface area contributed by atoms with E-state index in [0.717, 1.165) is 11.0 Å². The van der Waals surface area contributed by atoms with E-state index in [1.54, 1.807) is 0 Å². The zero-order valence-corrected chi connectivity index (χ0v) is 14.9. The summed E-state index contributed by atoms with van der Waals surface area (Å²) in [4.78, 5) is 0. The topological polar surface area (TPSA) is 55.2 Å². The van der Waals surface area contributed by atoms with Gasteiger partial charge in [-0.3, -0.25) is 0 Å². The van der Waals surface area contributed by atoms with Gasteiger partial charge in [0.25, 0.3) is 0 Å². The number of aliphatic hydroxyl groups excluding tert-OH is 1. The Hall–Kier alpha value is 0.460. The molecule has 0 aromatic rings. The molecule has 19 heavy (non-hydrogen) atoms. The van der Waals surface area contributed by atoms with Crippen molar-refractivity contribution in [1.82, 2.24) is 6.15 Å². The Morgan fingerprint density at radius 1 is 0.895 bits per heavy atom. The molecule has 0 saturated heterocycles. The van der Waals surface area contributed by atoms with E-state index in [1.165, 1.54) is 51.4 Å². The van der Waals surface area contributed by atoms with Crippen LogP contribution in [0.4, 0.5) is 0 Å². The highest BCUT2D eigenvalue weighted by Gasteiger charge is 2.19. The third-order valence-electron chi connectivity index (χ3n) is 3.60. The van der Waals surface area contributed by atoms with Gasteiger partial charge in [-0.25, -0.2) is 0 Å². The molecule has 5 heteroatoms. The van der Waals surface area contributed by atoms with Crippen LogP contribution in [0, 0.1) is 0 Å². The molecule has 3 nitrogen and oxygen atoms in total. The van der Waals surface area contributed by atoms with Crippen LogP contribution in [-0.2, 0) is 0 Å². The maximum Gasteiger partial charge on any atom is 0.187 e. The summed E-state index contributed by atoms with van der Waals surface area (Å²) >= 11 is 0. The molecule has 122 valence electrons. The van der Waals surface area contributed by atoms with E-state index < -0.39 is 0 Å². The fraction of sp³-hybridized carbons (Fsp3) is 1.00. The van der Waals surface area contributed by atoms with Crippen LogP contribution in [0.3, 0.4) is 0 Å². The zero-order valence-electron chi connectivity index (χ0n) is 13.3. The summed E-state index contributed by atoms with van der Waals surface area (Å²) in [5.74, 6) is 0. The Labute approximate surface area is 133 Å². The molecule has 0 radical (unpaired) electrons. The van der Waals surface area contributed by atoms with Gasteiger partial charge in [0.2, 0.25) is 0 Å². The Kier molecular flexibility index (Phi) is 24.1. The van der Waals surface area contributed by atoms with Crippen molar-refractivity contribution >= 4 is 12.4 Å². The largest absolute Gasteiger partial charge is 1.00 e. The lowest BCUT2D eigenvalue weighted by molar-refractivity contribution is -0.934. The van der Waals surface area contributed by atoms with E-state index in [9.17, 15) is 5.11 Å². The lowest BCUT2D eigenvalue weighted by Crippen LogP contribution is -3.00. The van der Waals surface area contributed by atoms with E-state index in [2.05, 4.69) is 21.0 Å². The lowest BCUT2D eigenvalue weighted by Gasteiger charge is -2.32. The summed E-state index contributed by atoms with van der Waals surface area (Å²) in [7, 11) is 4.21. The molecule has 0 amide bonds. The van der Waals surface area contributed by atoms with Crippen molar-refractivity contribution in [3.05, 3.63) is 0 Å². The molecule has 0 rings (SSSR count). The van der Waals surface area contributed by atoms with Gasteiger partial charge in [-0.1, -0.05) is 45.4 Å². The molecule has 1 unspecified atom stereocenters. The van der Waals surface area contributed by atoms with Crippen LogP contribution in [0.1, 0.15) is 65.2 Å². The standard InChI is InChI=1S/C14H32NO.2ClH.H3N/c1-5-6-7-8-9-10-11-12-13-15(3,4)14(2)16;;;/h14,16H,5-13H2,1-4H3;2*1H;1H3/q+1;;;/p-1. The molecule has 0 aromatic heterocycles. The Morgan fingerprint density at radius 2 is 1.26 bits per heavy atom. The van der Waals surface area contributed by atoms with E-state index in [4.69, 9.17) is 0 Å². The summed E-state index contributed by atoms with van der Waals surface area (Å²) in [6, 6.07) is 0. The monoisotopic (exact) mass is 318 g/mol. The number of quaternary nitrogens is 1. The minimum absolute atomic E-state index is 0.